The SMILES string of the molecule is NNC(CC1CC2CCC1C2)c1cc2cc(F)ccc2s1. The molecule has 2 aliphatic carbocycles. The number of fused-ring (bicyclic) bond motifs is 3. The molecule has 0 amide bonds. The second-order valence-electron chi connectivity index (χ2n) is 6.72. The van der Waals surface area contributed by atoms with Crippen molar-refractivity contribution in [2.45, 2.75) is 38.1 Å². The molecule has 2 saturated carbocycles. The Balaban J connectivity index is 1.56. The Morgan fingerprint density at radius 2 is 2.19 bits per heavy atom. The van der Waals surface area contributed by atoms with Gasteiger partial charge in [-0.2, -0.15) is 0 Å². The van der Waals surface area contributed by atoms with Gasteiger partial charge in [0.15, 0.2) is 0 Å². The van der Waals surface area contributed by atoms with E-state index in [-0.39, 0.29) is 11.9 Å². The van der Waals surface area contributed by atoms with E-state index < -0.39 is 0 Å². The maximum absolute atomic E-state index is 13.3. The van der Waals surface area contributed by atoms with Crippen molar-refractivity contribution >= 4 is 21.4 Å². The molecule has 2 aromatic rings. The second kappa shape index (κ2) is 5.34. The van der Waals surface area contributed by atoms with Gasteiger partial charge in [0.05, 0.1) is 6.04 Å². The Labute approximate surface area is 128 Å². The van der Waals surface area contributed by atoms with Crippen LogP contribution in [0.1, 0.15) is 43.0 Å². The first-order valence-electron chi connectivity index (χ1n) is 7.88. The zero-order valence-corrected chi connectivity index (χ0v) is 12.8. The summed E-state index contributed by atoms with van der Waals surface area (Å²) in [6.07, 6.45) is 6.77. The van der Waals surface area contributed by atoms with Gasteiger partial charge in [-0.15, -0.1) is 11.3 Å². The molecule has 1 heterocycles. The maximum atomic E-state index is 13.3. The lowest BCUT2D eigenvalue weighted by molar-refractivity contribution is 0.281. The Morgan fingerprint density at radius 3 is 2.90 bits per heavy atom. The van der Waals surface area contributed by atoms with Crippen LogP contribution in [0.2, 0.25) is 0 Å². The van der Waals surface area contributed by atoms with Gasteiger partial charge >= 0.3 is 0 Å². The zero-order valence-electron chi connectivity index (χ0n) is 12.0. The third kappa shape index (κ3) is 2.50. The molecule has 21 heavy (non-hydrogen) atoms. The molecular weight excluding hydrogens is 283 g/mol. The predicted molar refractivity (Wildman–Crippen MR) is 85.4 cm³/mol. The molecule has 0 aliphatic heterocycles. The maximum Gasteiger partial charge on any atom is 0.123 e. The number of thiophene rings is 1. The van der Waals surface area contributed by atoms with Crippen molar-refractivity contribution in [2.24, 2.45) is 23.6 Å². The average Bonchev–Trinajstić information content (AvgIpc) is 3.18. The monoisotopic (exact) mass is 304 g/mol. The highest BCUT2D eigenvalue weighted by Gasteiger charge is 2.40. The predicted octanol–water partition coefficient (Wildman–Crippen LogP) is 4.37. The Hall–Kier alpha value is -0.970. The first-order chi connectivity index (χ1) is 10.2. The summed E-state index contributed by atoms with van der Waals surface area (Å²) in [6.45, 7) is 0. The van der Waals surface area contributed by atoms with Gasteiger partial charge in [-0.1, -0.05) is 6.42 Å². The van der Waals surface area contributed by atoms with Gasteiger partial charge in [0.25, 0.3) is 0 Å². The van der Waals surface area contributed by atoms with E-state index in [2.05, 4.69) is 11.5 Å². The van der Waals surface area contributed by atoms with Crippen LogP contribution >= 0.6 is 11.3 Å². The molecule has 2 fully saturated rings. The molecule has 2 nitrogen and oxygen atoms in total. The van der Waals surface area contributed by atoms with E-state index in [4.69, 9.17) is 5.84 Å². The summed E-state index contributed by atoms with van der Waals surface area (Å²) in [5.41, 5.74) is 3.00. The highest BCUT2D eigenvalue weighted by molar-refractivity contribution is 7.19. The number of hydrogen-bond acceptors (Lipinski definition) is 3. The smallest absolute Gasteiger partial charge is 0.123 e. The van der Waals surface area contributed by atoms with Crippen molar-refractivity contribution in [1.29, 1.82) is 0 Å². The summed E-state index contributed by atoms with van der Waals surface area (Å²) >= 11 is 1.73. The van der Waals surface area contributed by atoms with E-state index in [1.807, 2.05) is 6.07 Å². The zero-order chi connectivity index (χ0) is 14.4. The Kier molecular flexibility index (Phi) is 3.48. The molecule has 4 unspecified atom stereocenters. The number of hydrogen-bond donors (Lipinski definition) is 2. The van der Waals surface area contributed by atoms with Crippen LogP contribution in [0.15, 0.2) is 24.3 Å². The van der Waals surface area contributed by atoms with E-state index in [0.29, 0.717) is 0 Å². The van der Waals surface area contributed by atoms with Crippen molar-refractivity contribution in [3.8, 4) is 0 Å². The molecule has 4 heteroatoms. The van der Waals surface area contributed by atoms with E-state index in [1.165, 1.54) is 36.6 Å². The van der Waals surface area contributed by atoms with Gasteiger partial charge < -0.3 is 0 Å². The van der Waals surface area contributed by atoms with Crippen LogP contribution in [0, 0.1) is 23.6 Å². The molecule has 0 saturated heterocycles. The lowest BCUT2D eigenvalue weighted by Crippen LogP contribution is -2.30. The number of hydrazine groups is 1. The normalized spacial score (nSPS) is 29.3. The average molecular weight is 304 g/mol. The summed E-state index contributed by atoms with van der Waals surface area (Å²) in [7, 11) is 0. The molecule has 4 rings (SSSR count). The van der Waals surface area contributed by atoms with Crippen molar-refractivity contribution in [3.05, 3.63) is 35.0 Å². The summed E-state index contributed by atoms with van der Waals surface area (Å²) in [6, 6.07) is 7.31. The van der Waals surface area contributed by atoms with Crippen molar-refractivity contribution in [1.82, 2.24) is 5.43 Å². The van der Waals surface area contributed by atoms with Crippen LogP contribution in [-0.4, -0.2) is 0 Å². The Morgan fingerprint density at radius 1 is 1.29 bits per heavy atom. The molecule has 1 aromatic heterocycles. The van der Waals surface area contributed by atoms with Crippen LogP contribution in [0.5, 0.6) is 0 Å². The lowest BCUT2D eigenvalue weighted by atomic mass is 9.84. The number of nitrogens with two attached hydrogens (primary N) is 1. The first-order valence-corrected chi connectivity index (χ1v) is 8.69. The summed E-state index contributed by atoms with van der Waals surface area (Å²) in [5, 5.41) is 0.989. The van der Waals surface area contributed by atoms with Crippen LogP contribution in [0.4, 0.5) is 4.39 Å². The van der Waals surface area contributed by atoms with E-state index >= 15 is 0 Å². The quantitative estimate of drug-likeness (QED) is 0.650. The number of rotatable bonds is 4. The van der Waals surface area contributed by atoms with Gasteiger partial charge in [0, 0.05) is 9.58 Å². The second-order valence-corrected chi connectivity index (χ2v) is 7.84. The van der Waals surface area contributed by atoms with Gasteiger partial charge in [-0.3, -0.25) is 11.3 Å². The van der Waals surface area contributed by atoms with E-state index in [0.717, 1.165) is 34.3 Å². The summed E-state index contributed by atoms with van der Waals surface area (Å²) in [5.74, 6) is 8.34. The van der Waals surface area contributed by atoms with Crippen LogP contribution in [0.3, 0.4) is 0 Å². The van der Waals surface area contributed by atoms with E-state index in [1.54, 1.807) is 17.4 Å². The highest BCUT2D eigenvalue weighted by Crippen LogP contribution is 2.51. The topological polar surface area (TPSA) is 38.0 Å². The molecular formula is C17H21FN2S. The molecule has 3 N–H and O–H groups in total. The van der Waals surface area contributed by atoms with Crippen molar-refractivity contribution in [3.63, 3.8) is 0 Å². The van der Waals surface area contributed by atoms with Gasteiger partial charge in [0.2, 0.25) is 0 Å². The minimum Gasteiger partial charge on any atom is -0.271 e. The third-order valence-corrected chi connectivity index (χ3v) is 6.69. The first kappa shape index (κ1) is 13.7. The molecule has 2 aliphatic rings. The fourth-order valence-corrected chi connectivity index (χ4v) is 5.56. The van der Waals surface area contributed by atoms with Crippen LogP contribution in [-0.2, 0) is 0 Å². The third-order valence-electron chi connectivity index (χ3n) is 5.47. The fourth-order valence-electron chi connectivity index (χ4n) is 4.44. The van der Waals surface area contributed by atoms with Crippen LogP contribution in [0.25, 0.3) is 10.1 Å². The molecule has 0 spiro atoms. The minimum absolute atomic E-state index is 0.169. The van der Waals surface area contributed by atoms with Crippen molar-refractivity contribution < 1.29 is 4.39 Å². The fraction of sp³-hybridized carbons (Fsp3) is 0.529. The van der Waals surface area contributed by atoms with Gasteiger partial charge in [-0.25, -0.2) is 4.39 Å². The lowest BCUT2D eigenvalue weighted by Gasteiger charge is -2.25. The molecule has 2 bridgehead atoms. The van der Waals surface area contributed by atoms with E-state index in [9.17, 15) is 4.39 Å². The van der Waals surface area contributed by atoms with Crippen LogP contribution < -0.4 is 11.3 Å². The summed E-state index contributed by atoms with van der Waals surface area (Å²) in [4.78, 5) is 1.24. The molecule has 0 radical (unpaired) electrons. The summed E-state index contributed by atoms with van der Waals surface area (Å²) < 4.78 is 14.5. The number of benzene rings is 1. The Bertz CT molecular complexity index is 653. The number of nitrogens with one attached hydrogen (secondary N) is 1. The number of halogens is 1. The van der Waals surface area contributed by atoms with Gasteiger partial charge in [-0.05, 0) is 73.1 Å². The highest BCUT2D eigenvalue weighted by atomic mass is 32.1. The van der Waals surface area contributed by atoms with Gasteiger partial charge in [0.1, 0.15) is 5.82 Å². The largest absolute Gasteiger partial charge is 0.271 e. The molecule has 112 valence electrons. The molecule has 1 aromatic carbocycles. The minimum atomic E-state index is -0.169. The van der Waals surface area contributed by atoms with Crippen molar-refractivity contribution in [2.75, 3.05) is 0 Å². The standard InChI is InChI=1S/C17H21FN2S/c18-14-3-4-16-13(7-14)9-17(21-16)15(20-19)8-12-6-10-1-2-11(12)5-10/h3-4,7,9-12,15,20H,1-2,5-6,8,19H2. The molecule has 4 atom stereocenters.